The molecule has 1 aromatic rings. The Morgan fingerprint density at radius 1 is 1.24 bits per heavy atom. The average molecular weight is 227 g/mol. The molecule has 0 radical (unpaired) electrons. The maximum atomic E-state index is 9.28. The lowest BCUT2D eigenvalue weighted by Gasteiger charge is -2.30. The molecule has 0 aromatic heterocycles. The molecule has 1 fully saturated rings. The van der Waals surface area contributed by atoms with Crippen LogP contribution in [0, 0.1) is 22.7 Å². The first kappa shape index (κ1) is 11.6. The van der Waals surface area contributed by atoms with Crippen LogP contribution in [0.4, 0.5) is 0 Å². The summed E-state index contributed by atoms with van der Waals surface area (Å²) in [6.45, 7) is 2.84. The van der Waals surface area contributed by atoms with Crippen molar-refractivity contribution in [3.05, 3.63) is 35.4 Å². The van der Waals surface area contributed by atoms with Crippen LogP contribution in [-0.4, -0.2) is 31.2 Å². The number of hydrogen-bond donors (Lipinski definition) is 0. The second-order valence-electron chi connectivity index (χ2n) is 3.92. The van der Waals surface area contributed by atoms with Gasteiger partial charge in [0.05, 0.1) is 30.9 Å². The first-order valence-corrected chi connectivity index (χ1v) is 5.56. The van der Waals surface area contributed by atoms with Gasteiger partial charge in [-0.25, -0.2) is 0 Å². The molecule has 17 heavy (non-hydrogen) atoms. The van der Waals surface area contributed by atoms with Crippen molar-refractivity contribution in [2.24, 2.45) is 0 Å². The first-order chi connectivity index (χ1) is 8.35. The number of morpholine rings is 1. The van der Waals surface area contributed by atoms with Gasteiger partial charge in [-0.2, -0.15) is 10.5 Å². The van der Waals surface area contributed by atoms with Crippen LogP contribution in [0.3, 0.4) is 0 Å². The molecule has 1 aliphatic rings. The zero-order valence-electron chi connectivity index (χ0n) is 9.47. The molecule has 0 saturated carbocycles. The zero-order valence-corrected chi connectivity index (χ0v) is 9.47. The fourth-order valence-corrected chi connectivity index (χ4v) is 1.98. The minimum atomic E-state index is -0.285. The fourth-order valence-electron chi connectivity index (χ4n) is 1.98. The fraction of sp³-hybridized carbons (Fsp3) is 0.385. The van der Waals surface area contributed by atoms with Crippen molar-refractivity contribution in [2.75, 3.05) is 26.3 Å². The maximum absolute atomic E-state index is 9.28. The Morgan fingerprint density at radius 3 is 2.65 bits per heavy atom. The Bertz CT molecular complexity index is 466. The van der Waals surface area contributed by atoms with Gasteiger partial charge in [0.2, 0.25) is 0 Å². The molecule has 1 saturated heterocycles. The lowest BCUT2D eigenvalue weighted by atomic mass is 10.0. The van der Waals surface area contributed by atoms with Crippen LogP contribution in [0.1, 0.15) is 17.2 Å². The number of benzene rings is 1. The van der Waals surface area contributed by atoms with E-state index in [0.29, 0.717) is 18.8 Å². The van der Waals surface area contributed by atoms with E-state index < -0.39 is 0 Å². The van der Waals surface area contributed by atoms with Crippen LogP contribution in [-0.2, 0) is 4.74 Å². The molecule has 0 unspecified atom stereocenters. The Labute approximate surface area is 101 Å². The Kier molecular flexibility index (Phi) is 3.72. The van der Waals surface area contributed by atoms with Gasteiger partial charge in [0.25, 0.3) is 0 Å². The number of nitriles is 2. The summed E-state index contributed by atoms with van der Waals surface area (Å²) in [6.07, 6.45) is 0. The van der Waals surface area contributed by atoms with Crippen molar-refractivity contribution < 1.29 is 4.74 Å². The second kappa shape index (κ2) is 5.45. The van der Waals surface area contributed by atoms with E-state index in [1.54, 1.807) is 12.1 Å². The van der Waals surface area contributed by atoms with Crippen LogP contribution < -0.4 is 0 Å². The van der Waals surface area contributed by atoms with E-state index in [2.05, 4.69) is 17.0 Å². The Morgan fingerprint density at radius 2 is 2.00 bits per heavy atom. The van der Waals surface area contributed by atoms with Gasteiger partial charge in [0, 0.05) is 13.1 Å². The highest BCUT2D eigenvalue weighted by Crippen LogP contribution is 2.21. The third kappa shape index (κ3) is 2.62. The van der Waals surface area contributed by atoms with E-state index in [1.807, 2.05) is 12.1 Å². The number of nitrogens with zero attached hydrogens (tertiary/aromatic N) is 3. The second-order valence-corrected chi connectivity index (χ2v) is 3.92. The van der Waals surface area contributed by atoms with E-state index in [0.717, 1.165) is 18.7 Å². The molecule has 0 amide bonds. The monoisotopic (exact) mass is 227 g/mol. The molecule has 1 aromatic carbocycles. The standard InChI is InChI=1S/C13H13N3O/c14-9-11-2-1-3-12(8-11)13(10-15)16-4-6-17-7-5-16/h1-3,8,13H,4-7H2/t13-/m0/s1. The van der Waals surface area contributed by atoms with Crippen LogP contribution in [0.2, 0.25) is 0 Å². The molecule has 1 heterocycles. The van der Waals surface area contributed by atoms with E-state index >= 15 is 0 Å². The lowest BCUT2D eigenvalue weighted by Crippen LogP contribution is -2.38. The minimum absolute atomic E-state index is 0.285. The number of ether oxygens (including phenoxy) is 1. The van der Waals surface area contributed by atoms with Gasteiger partial charge in [-0.15, -0.1) is 0 Å². The predicted octanol–water partition coefficient (Wildman–Crippen LogP) is 1.46. The van der Waals surface area contributed by atoms with Gasteiger partial charge in [0.1, 0.15) is 6.04 Å². The van der Waals surface area contributed by atoms with Gasteiger partial charge < -0.3 is 4.74 Å². The van der Waals surface area contributed by atoms with Crippen LogP contribution in [0.5, 0.6) is 0 Å². The van der Waals surface area contributed by atoms with Crippen molar-refractivity contribution >= 4 is 0 Å². The highest BCUT2D eigenvalue weighted by molar-refractivity contribution is 5.36. The van der Waals surface area contributed by atoms with E-state index in [9.17, 15) is 5.26 Å². The van der Waals surface area contributed by atoms with Gasteiger partial charge in [0.15, 0.2) is 0 Å². The first-order valence-electron chi connectivity index (χ1n) is 5.56. The lowest BCUT2D eigenvalue weighted by molar-refractivity contribution is 0.0266. The average Bonchev–Trinajstić information content (AvgIpc) is 2.41. The van der Waals surface area contributed by atoms with Crippen molar-refractivity contribution in [3.63, 3.8) is 0 Å². The van der Waals surface area contributed by atoms with E-state index in [1.165, 1.54) is 0 Å². The normalized spacial score (nSPS) is 18.0. The van der Waals surface area contributed by atoms with Crippen LogP contribution in [0.15, 0.2) is 24.3 Å². The summed E-state index contributed by atoms with van der Waals surface area (Å²) < 4.78 is 5.27. The van der Waals surface area contributed by atoms with Crippen LogP contribution >= 0.6 is 0 Å². The van der Waals surface area contributed by atoms with Gasteiger partial charge in [-0.3, -0.25) is 4.90 Å². The van der Waals surface area contributed by atoms with Crippen molar-refractivity contribution in [2.45, 2.75) is 6.04 Å². The van der Waals surface area contributed by atoms with E-state index in [4.69, 9.17) is 10.00 Å². The summed E-state index contributed by atoms with van der Waals surface area (Å²) in [7, 11) is 0. The molecular weight excluding hydrogens is 214 g/mol. The molecular formula is C13H13N3O. The van der Waals surface area contributed by atoms with Crippen molar-refractivity contribution in [1.82, 2.24) is 4.90 Å². The highest BCUT2D eigenvalue weighted by Gasteiger charge is 2.22. The summed E-state index contributed by atoms with van der Waals surface area (Å²) in [5, 5.41) is 18.1. The summed E-state index contributed by atoms with van der Waals surface area (Å²) in [5.41, 5.74) is 1.48. The predicted molar refractivity (Wildman–Crippen MR) is 61.9 cm³/mol. The van der Waals surface area contributed by atoms with Gasteiger partial charge in [-0.1, -0.05) is 12.1 Å². The van der Waals surface area contributed by atoms with E-state index in [-0.39, 0.29) is 6.04 Å². The molecule has 4 heteroatoms. The number of hydrogen-bond acceptors (Lipinski definition) is 4. The molecule has 0 aliphatic carbocycles. The summed E-state index contributed by atoms with van der Waals surface area (Å²) >= 11 is 0. The molecule has 4 nitrogen and oxygen atoms in total. The maximum Gasteiger partial charge on any atom is 0.124 e. The molecule has 2 rings (SSSR count). The molecule has 86 valence electrons. The Hall–Kier alpha value is -1.88. The summed E-state index contributed by atoms with van der Waals surface area (Å²) in [5.74, 6) is 0. The third-order valence-electron chi connectivity index (χ3n) is 2.86. The third-order valence-corrected chi connectivity index (χ3v) is 2.86. The zero-order chi connectivity index (χ0) is 12.1. The molecule has 0 bridgehead atoms. The largest absolute Gasteiger partial charge is 0.379 e. The topological polar surface area (TPSA) is 60.0 Å². The Balaban J connectivity index is 2.22. The van der Waals surface area contributed by atoms with Gasteiger partial charge in [-0.05, 0) is 17.7 Å². The van der Waals surface area contributed by atoms with Crippen LogP contribution in [0.25, 0.3) is 0 Å². The minimum Gasteiger partial charge on any atom is -0.379 e. The quantitative estimate of drug-likeness (QED) is 0.767. The van der Waals surface area contributed by atoms with Gasteiger partial charge >= 0.3 is 0 Å². The molecule has 0 N–H and O–H groups in total. The summed E-state index contributed by atoms with van der Waals surface area (Å²) in [4.78, 5) is 2.08. The van der Waals surface area contributed by atoms with Crippen molar-refractivity contribution in [3.8, 4) is 12.1 Å². The molecule has 1 atom stereocenters. The molecule has 1 aliphatic heterocycles. The smallest absolute Gasteiger partial charge is 0.124 e. The highest BCUT2D eigenvalue weighted by atomic mass is 16.5. The number of rotatable bonds is 2. The SMILES string of the molecule is N#Cc1cccc([C@H](C#N)N2CCOCC2)c1. The van der Waals surface area contributed by atoms with Crippen molar-refractivity contribution in [1.29, 1.82) is 10.5 Å². The summed E-state index contributed by atoms with van der Waals surface area (Å²) in [6, 6.07) is 11.4. The molecule has 0 spiro atoms.